The molecule has 5 heteroatoms. The highest BCUT2D eigenvalue weighted by Crippen LogP contribution is 2.34. The molecule has 0 radical (unpaired) electrons. The SMILES string of the molecule is COC(=O)C(C)(C)C(O)c1cc(OC)ccn1. The molecule has 17 heavy (non-hydrogen) atoms. The Kier molecular flexibility index (Phi) is 4.07. The van der Waals surface area contributed by atoms with Crippen LogP contribution < -0.4 is 4.74 Å². The minimum absolute atomic E-state index is 0.375. The van der Waals surface area contributed by atoms with Gasteiger partial charge < -0.3 is 14.6 Å². The summed E-state index contributed by atoms with van der Waals surface area (Å²) in [6.45, 7) is 3.20. The molecular formula is C12H17NO4. The number of hydrogen-bond donors (Lipinski definition) is 1. The van der Waals surface area contributed by atoms with Crippen LogP contribution in [0.4, 0.5) is 0 Å². The van der Waals surface area contributed by atoms with Crippen molar-refractivity contribution >= 4 is 5.97 Å². The van der Waals surface area contributed by atoms with Crippen LogP contribution in [-0.2, 0) is 9.53 Å². The summed E-state index contributed by atoms with van der Waals surface area (Å²) < 4.78 is 9.69. The Morgan fingerprint density at radius 3 is 2.65 bits per heavy atom. The van der Waals surface area contributed by atoms with E-state index in [2.05, 4.69) is 9.72 Å². The lowest BCUT2D eigenvalue weighted by atomic mass is 9.84. The first-order valence-corrected chi connectivity index (χ1v) is 5.20. The fourth-order valence-corrected chi connectivity index (χ4v) is 1.45. The summed E-state index contributed by atoms with van der Waals surface area (Å²) in [5.41, 5.74) is -0.687. The van der Waals surface area contributed by atoms with Gasteiger partial charge in [-0.3, -0.25) is 9.78 Å². The van der Waals surface area contributed by atoms with Crippen LogP contribution in [-0.4, -0.2) is 30.3 Å². The lowest BCUT2D eigenvalue weighted by Gasteiger charge is -2.27. The first kappa shape index (κ1) is 13.4. The average Bonchev–Trinajstić information content (AvgIpc) is 2.36. The average molecular weight is 239 g/mol. The number of methoxy groups -OCH3 is 2. The van der Waals surface area contributed by atoms with Gasteiger partial charge in [-0.15, -0.1) is 0 Å². The number of carbonyl (C=O) groups is 1. The number of pyridine rings is 1. The maximum absolute atomic E-state index is 11.6. The number of ether oxygens (including phenoxy) is 2. The molecule has 5 nitrogen and oxygen atoms in total. The molecule has 1 aromatic rings. The molecule has 94 valence electrons. The van der Waals surface area contributed by atoms with E-state index >= 15 is 0 Å². The van der Waals surface area contributed by atoms with Gasteiger partial charge in [-0.2, -0.15) is 0 Å². The zero-order valence-corrected chi connectivity index (χ0v) is 10.4. The highest BCUT2D eigenvalue weighted by Gasteiger charge is 2.38. The molecule has 1 rings (SSSR count). The van der Waals surface area contributed by atoms with Crippen molar-refractivity contribution in [3.05, 3.63) is 24.0 Å². The maximum atomic E-state index is 11.6. The van der Waals surface area contributed by atoms with E-state index in [1.807, 2.05) is 0 Å². The Morgan fingerprint density at radius 2 is 2.12 bits per heavy atom. The van der Waals surface area contributed by atoms with Crippen LogP contribution in [0.5, 0.6) is 5.75 Å². The number of aliphatic hydroxyl groups is 1. The third-order valence-corrected chi connectivity index (χ3v) is 2.66. The van der Waals surface area contributed by atoms with Crippen molar-refractivity contribution in [2.45, 2.75) is 20.0 Å². The highest BCUT2D eigenvalue weighted by atomic mass is 16.5. The molecule has 0 amide bonds. The van der Waals surface area contributed by atoms with Crippen molar-refractivity contribution in [3.8, 4) is 5.75 Å². The smallest absolute Gasteiger partial charge is 0.314 e. The Labute approximate surface area is 100 Å². The van der Waals surface area contributed by atoms with E-state index in [-0.39, 0.29) is 0 Å². The van der Waals surface area contributed by atoms with Crippen molar-refractivity contribution in [1.29, 1.82) is 0 Å². The van der Waals surface area contributed by atoms with Crippen molar-refractivity contribution in [2.24, 2.45) is 5.41 Å². The highest BCUT2D eigenvalue weighted by molar-refractivity contribution is 5.76. The van der Waals surface area contributed by atoms with E-state index in [1.54, 1.807) is 26.0 Å². The topological polar surface area (TPSA) is 68.7 Å². The quantitative estimate of drug-likeness (QED) is 0.802. The first-order valence-electron chi connectivity index (χ1n) is 5.20. The number of aliphatic hydroxyl groups excluding tert-OH is 1. The minimum atomic E-state index is -1.06. The molecular weight excluding hydrogens is 222 g/mol. The van der Waals surface area contributed by atoms with E-state index in [9.17, 15) is 9.90 Å². The van der Waals surface area contributed by atoms with Gasteiger partial charge in [0, 0.05) is 12.3 Å². The van der Waals surface area contributed by atoms with Crippen LogP contribution in [0.2, 0.25) is 0 Å². The Bertz CT molecular complexity index is 403. The van der Waals surface area contributed by atoms with Gasteiger partial charge in [0.2, 0.25) is 0 Å². The standard InChI is InChI=1S/C12H17NO4/c1-12(2,11(15)17-4)10(14)9-7-8(16-3)5-6-13-9/h5-7,10,14H,1-4H3. The molecule has 0 aliphatic carbocycles. The molecule has 0 bridgehead atoms. The van der Waals surface area contributed by atoms with Gasteiger partial charge in [0.1, 0.15) is 11.9 Å². The van der Waals surface area contributed by atoms with Crippen molar-refractivity contribution < 1.29 is 19.4 Å². The Morgan fingerprint density at radius 1 is 1.47 bits per heavy atom. The minimum Gasteiger partial charge on any atom is -0.497 e. The molecule has 1 aromatic heterocycles. The first-order chi connectivity index (χ1) is 7.93. The second-order valence-corrected chi connectivity index (χ2v) is 4.24. The second-order valence-electron chi connectivity index (χ2n) is 4.24. The van der Waals surface area contributed by atoms with Crippen molar-refractivity contribution in [1.82, 2.24) is 4.98 Å². The second kappa shape index (κ2) is 5.14. The van der Waals surface area contributed by atoms with Crippen molar-refractivity contribution in [3.63, 3.8) is 0 Å². The number of carbonyl (C=O) groups excluding carboxylic acids is 1. The third-order valence-electron chi connectivity index (χ3n) is 2.66. The number of rotatable bonds is 4. The van der Waals surface area contributed by atoms with Crippen LogP contribution in [0.1, 0.15) is 25.6 Å². The van der Waals surface area contributed by atoms with Gasteiger partial charge >= 0.3 is 5.97 Å². The number of aromatic nitrogens is 1. The molecule has 1 atom stereocenters. The largest absolute Gasteiger partial charge is 0.497 e. The van der Waals surface area contributed by atoms with E-state index < -0.39 is 17.5 Å². The van der Waals surface area contributed by atoms with Crippen molar-refractivity contribution in [2.75, 3.05) is 14.2 Å². The fraction of sp³-hybridized carbons (Fsp3) is 0.500. The van der Waals surface area contributed by atoms with Crippen LogP contribution in [0.15, 0.2) is 18.3 Å². The molecule has 1 heterocycles. The van der Waals surface area contributed by atoms with Crippen LogP contribution in [0, 0.1) is 5.41 Å². The lowest BCUT2D eigenvalue weighted by Crippen LogP contribution is -2.33. The molecule has 0 aliphatic rings. The van der Waals surface area contributed by atoms with E-state index in [0.717, 1.165) is 0 Å². The summed E-state index contributed by atoms with van der Waals surface area (Å²) >= 11 is 0. The van der Waals surface area contributed by atoms with Gasteiger partial charge in [0.05, 0.1) is 25.3 Å². The van der Waals surface area contributed by atoms with Gasteiger partial charge in [-0.1, -0.05) is 0 Å². The number of nitrogens with zero attached hydrogens (tertiary/aromatic N) is 1. The molecule has 0 saturated heterocycles. The predicted octanol–water partition coefficient (Wildman–Crippen LogP) is 1.32. The summed E-state index contributed by atoms with van der Waals surface area (Å²) in [6, 6.07) is 3.26. The molecule has 0 aliphatic heterocycles. The molecule has 0 fully saturated rings. The zero-order chi connectivity index (χ0) is 13.1. The summed E-state index contributed by atoms with van der Waals surface area (Å²) in [7, 11) is 2.81. The molecule has 1 N–H and O–H groups in total. The van der Waals surface area contributed by atoms with E-state index in [0.29, 0.717) is 11.4 Å². The Hall–Kier alpha value is -1.62. The lowest BCUT2D eigenvalue weighted by molar-refractivity contribution is -0.157. The fourth-order valence-electron chi connectivity index (χ4n) is 1.45. The van der Waals surface area contributed by atoms with Gasteiger partial charge in [0.25, 0.3) is 0 Å². The summed E-state index contributed by atoms with van der Waals surface area (Å²) in [5.74, 6) is 0.0873. The molecule has 0 saturated carbocycles. The van der Waals surface area contributed by atoms with E-state index in [1.165, 1.54) is 20.4 Å². The van der Waals surface area contributed by atoms with Gasteiger partial charge in [-0.05, 0) is 19.9 Å². The zero-order valence-electron chi connectivity index (χ0n) is 10.4. The summed E-state index contributed by atoms with van der Waals surface area (Å²) in [5, 5.41) is 10.2. The summed E-state index contributed by atoms with van der Waals surface area (Å²) in [4.78, 5) is 15.6. The van der Waals surface area contributed by atoms with E-state index in [4.69, 9.17) is 4.74 Å². The van der Waals surface area contributed by atoms with Gasteiger partial charge in [0.15, 0.2) is 0 Å². The molecule has 0 aromatic carbocycles. The Balaban J connectivity index is 3.02. The predicted molar refractivity (Wildman–Crippen MR) is 61.5 cm³/mol. The molecule has 1 unspecified atom stereocenters. The van der Waals surface area contributed by atoms with Gasteiger partial charge in [-0.25, -0.2) is 0 Å². The third kappa shape index (κ3) is 2.74. The monoisotopic (exact) mass is 239 g/mol. The number of esters is 1. The summed E-state index contributed by atoms with van der Waals surface area (Å²) in [6.07, 6.45) is 0.468. The normalized spacial score (nSPS) is 13.0. The number of hydrogen-bond acceptors (Lipinski definition) is 5. The maximum Gasteiger partial charge on any atom is 0.314 e. The van der Waals surface area contributed by atoms with Crippen LogP contribution in [0.25, 0.3) is 0 Å². The molecule has 0 spiro atoms. The van der Waals surface area contributed by atoms with Crippen LogP contribution in [0.3, 0.4) is 0 Å². The van der Waals surface area contributed by atoms with Crippen LogP contribution >= 0.6 is 0 Å².